The number of benzene rings is 11. The number of thiophene rings is 1. The normalized spacial score (nSPS) is 12.6. The Morgan fingerprint density at radius 1 is 0.319 bits per heavy atom. The summed E-state index contributed by atoms with van der Waals surface area (Å²) in [5, 5.41) is 3.60. The zero-order chi connectivity index (χ0) is 47.6. The van der Waals surface area contributed by atoms with Gasteiger partial charge in [0, 0.05) is 42.8 Å². The summed E-state index contributed by atoms with van der Waals surface area (Å²) >= 11 is 3.64. The standard InChI is InChI=1S/C68H44N2S2/c1-5-17-45(18-6-1)46-31-33-49(34-32-46)67-69-63-44-54(40-42-64(63)71-67)70(52-37-35-48(36-38-52)56-27-16-29-60-59-28-15-26-55(65(59)72-66(56)60)47-19-7-2-8-20-47)53-39-41-58-57-25-13-14-30-61(57)68(62(58)43-53,50-21-9-3-10-22-50)51-23-11-4-12-24-51/h1-44H. The lowest BCUT2D eigenvalue weighted by atomic mass is 9.67. The second-order valence-corrected chi connectivity index (χ2v) is 20.6. The Bertz CT molecular complexity index is 4080. The molecule has 14 rings (SSSR count). The molecule has 0 saturated heterocycles. The van der Waals surface area contributed by atoms with Gasteiger partial charge in [0.1, 0.15) is 5.01 Å². The summed E-state index contributed by atoms with van der Waals surface area (Å²) < 4.78 is 3.77. The molecule has 0 unspecified atom stereocenters. The highest BCUT2D eigenvalue weighted by atomic mass is 32.1. The van der Waals surface area contributed by atoms with E-state index >= 15 is 0 Å². The summed E-state index contributed by atoms with van der Waals surface area (Å²) in [4.78, 5) is 7.75. The fourth-order valence-corrected chi connectivity index (χ4v) is 13.6. The van der Waals surface area contributed by atoms with Gasteiger partial charge in [0.25, 0.3) is 0 Å². The minimum absolute atomic E-state index is 0.535. The van der Waals surface area contributed by atoms with Gasteiger partial charge in [-0.15, -0.1) is 22.7 Å². The first-order valence-corrected chi connectivity index (χ1v) is 26.1. The second kappa shape index (κ2) is 17.3. The molecular weight excluding hydrogens is 909 g/mol. The number of hydrogen-bond donors (Lipinski definition) is 0. The molecule has 1 aliphatic carbocycles. The maximum Gasteiger partial charge on any atom is 0.124 e. The van der Waals surface area contributed by atoms with Crippen molar-refractivity contribution in [1.82, 2.24) is 4.98 Å². The summed E-state index contributed by atoms with van der Waals surface area (Å²) in [6.07, 6.45) is 0. The fraction of sp³-hybridized carbons (Fsp3) is 0.0147. The van der Waals surface area contributed by atoms with E-state index in [2.05, 4.69) is 272 Å². The van der Waals surface area contributed by atoms with Crippen molar-refractivity contribution in [3.05, 3.63) is 289 Å². The van der Waals surface area contributed by atoms with Gasteiger partial charge < -0.3 is 4.90 Å². The molecule has 2 heterocycles. The van der Waals surface area contributed by atoms with E-state index in [1.807, 2.05) is 11.3 Å². The Morgan fingerprint density at radius 2 is 0.792 bits per heavy atom. The van der Waals surface area contributed by atoms with Crippen molar-refractivity contribution in [3.8, 4) is 55.1 Å². The zero-order valence-electron chi connectivity index (χ0n) is 39.1. The van der Waals surface area contributed by atoms with Gasteiger partial charge in [-0.2, -0.15) is 0 Å². The van der Waals surface area contributed by atoms with Gasteiger partial charge in [0.15, 0.2) is 0 Å². The molecule has 0 bridgehead atoms. The van der Waals surface area contributed by atoms with Gasteiger partial charge >= 0.3 is 0 Å². The maximum atomic E-state index is 5.32. The Labute approximate surface area is 427 Å². The van der Waals surface area contributed by atoms with E-state index in [0.717, 1.165) is 37.8 Å². The van der Waals surface area contributed by atoms with Crippen molar-refractivity contribution in [1.29, 1.82) is 0 Å². The molecule has 0 fully saturated rings. The third-order valence-corrected chi connectivity index (χ3v) is 17.0. The lowest BCUT2D eigenvalue weighted by Gasteiger charge is -2.35. The van der Waals surface area contributed by atoms with Crippen LogP contribution in [0.15, 0.2) is 267 Å². The summed E-state index contributed by atoms with van der Waals surface area (Å²) in [6.45, 7) is 0. The van der Waals surface area contributed by atoms with Crippen LogP contribution in [-0.4, -0.2) is 4.98 Å². The number of thiazole rings is 1. The van der Waals surface area contributed by atoms with Crippen molar-refractivity contribution in [3.63, 3.8) is 0 Å². The largest absolute Gasteiger partial charge is 0.310 e. The van der Waals surface area contributed by atoms with Gasteiger partial charge in [0.05, 0.1) is 15.6 Å². The predicted molar refractivity (Wildman–Crippen MR) is 306 cm³/mol. The molecule has 0 amide bonds. The van der Waals surface area contributed by atoms with Gasteiger partial charge in [-0.05, 0) is 109 Å². The highest BCUT2D eigenvalue weighted by Gasteiger charge is 2.46. The van der Waals surface area contributed by atoms with E-state index in [9.17, 15) is 0 Å². The van der Waals surface area contributed by atoms with Crippen LogP contribution in [0.2, 0.25) is 0 Å². The zero-order valence-corrected chi connectivity index (χ0v) is 40.7. The molecule has 0 atom stereocenters. The molecule has 2 aromatic heterocycles. The first-order chi connectivity index (χ1) is 35.7. The highest BCUT2D eigenvalue weighted by molar-refractivity contribution is 7.27. The average molecular weight is 953 g/mol. The molecule has 0 aliphatic heterocycles. The number of nitrogens with zero attached hydrogens (tertiary/aromatic N) is 2. The van der Waals surface area contributed by atoms with Crippen LogP contribution in [0.5, 0.6) is 0 Å². The van der Waals surface area contributed by atoms with Crippen molar-refractivity contribution < 1.29 is 0 Å². The molecule has 4 heteroatoms. The van der Waals surface area contributed by atoms with E-state index in [4.69, 9.17) is 4.98 Å². The van der Waals surface area contributed by atoms with Crippen LogP contribution >= 0.6 is 22.7 Å². The van der Waals surface area contributed by atoms with Gasteiger partial charge in [0.2, 0.25) is 0 Å². The van der Waals surface area contributed by atoms with Crippen molar-refractivity contribution in [2.75, 3.05) is 4.90 Å². The lowest BCUT2D eigenvalue weighted by Crippen LogP contribution is -2.28. The van der Waals surface area contributed by atoms with Crippen LogP contribution in [0.25, 0.3) is 85.5 Å². The monoisotopic (exact) mass is 952 g/mol. The van der Waals surface area contributed by atoms with Gasteiger partial charge in [-0.25, -0.2) is 4.98 Å². The fourth-order valence-electron chi connectivity index (χ4n) is 11.3. The van der Waals surface area contributed by atoms with Crippen LogP contribution in [0, 0.1) is 0 Å². The highest BCUT2D eigenvalue weighted by Crippen LogP contribution is 2.57. The molecule has 0 spiro atoms. The van der Waals surface area contributed by atoms with Crippen molar-refractivity contribution >= 4 is 70.1 Å². The Hall–Kier alpha value is -8.67. The molecule has 0 saturated carbocycles. The maximum absolute atomic E-state index is 5.32. The molecule has 13 aromatic rings. The average Bonchev–Trinajstić information content (AvgIpc) is 4.15. The lowest BCUT2D eigenvalue weighted by molar-refractivity contribution is 0.768. The first-order valence-electron chi connectivity index (χ1n) is 24.5. The smallest absolute Gasteiger partial charge is 0.124 e. The second-order valence-electron chi connectivity index (χ2n) is 18.6. The van der Waals surface area contributed by atoms with E-state index in [1.165, 1.54) is 86.9 Å². The van der Waals surface area contributed by atoms with Crippen LogP contribution in [-0.2, 0) is 5.41 Å². The summed E-state index contributed by atoms with van der Waals surface area (Å²) in [5.41, 5.74) is 19.7. The Kier molecular flexibility index (Phi) is 10.2. The summed E-state index contributed by atoms with van der Waals surface area (Å²) in [7, 11) is 0. The number of hydrogen-bond acceptors (Lipinski definition) is 4. The quantitative estimate of drug-likeness (QED) is 0.143. The molecule has 72 heavy (non-hydrogen) atoms. The summed E-state index contributed by atoms with van der Waals surface area (Å²) in [6, 6.07) is 97.8. The number of rotatable bonds is 9. The molecule has 1 aliphatic rings. The third kappa shape index (κ3) is 6.86. The van der Waals surface area contributed by atoms with E-state index in [0.29, 0.717) is 0 Å². The third-order valence-electron chi connectivity index (χ3n) is 14.6. The first kappa shape index (κ1) is 42.2. The SMILES string of the molecule is c1ccc(-c2ccc(-c3nc4cc(N(c5ccc(-c6cccc7c6sc6c(-c8ccccc8)cccc67)cc5)c5ccc6c(c5)C(c5ccccc5)(c5ccccc5)c5ccccc5-6)ccc4s3)cc2)cc1. The Balaban J connectivity index is 0.925. The van der Waals surface area contributed by atoms with Crippen LogP contribution in [0.4, 0.5) is 17.1 Å². The minimum atomic E-state index is -0.535. The van der Waals surface area contributed by atoms with E-state index in [1.54, 1.807) is 11.3 Å². The van der Waals surface area contributed by atoms with Gasteiger partial charge in [-0.1, -0.05) is 224 Å². The molecule has 11 aromatic carbocycles. The molecule has 0 radical (unpaired) electrons. The van der Waals surface area contributed by atoms with E-state index in [-0.39, 0.29) is 0 Å². The van der Waals surface area contributed by atoms with E-state index < -0.39 is 5.41 Å². The number of fused-ring (bicyclic) bond motifs is 7. The molecule has 338 valence electrons. The van der Waals surface area contributed by atoms with Crippen LogP contribution in [0.3, 0.4) is 0 Å². The number of aromatic nitrogens is 1. The van der Waals surface area contributed by atoms with Gasteiger partial charge in [-0.3, -0.25) is 0 Å². The van der Waals surface area contributed by atoms with Crippen molar-refractivity contribution in [2.45, 2.75) is 5.41 Å². The molecule has 0 N–H and O–H groups in total. The van der Waals surface area contributed by atoms with Crippen LogP contribution < -0.4 is 4.90 Å². The minimum Gasteiger partial charge on any atom is -0.310 e. The number of anilines is 3. The topological polar surface area (TPSA) is 16.1 Å². The molecule has 2 nitrogen and oxygen atoms in total. The van der Waals surface area contributed by atoms with Crippen molar-refractivity contribution in [2.24, 2.45) is 0 Å². The summed E-state index contributed by atoms with van der Waals surface area (Å²) in [5.74, 6) is 0. The van der Waals surface area contributed by atoms with Crippen LogP contribution in [0.1, 0.15) is 22.3 Å². The predicted octanol–water partition coefficient (Wildman–Crippen LogP) is 19.2. The Morgan fingerprint density at radius 3 is 1.44 bits per heavy atom. The molecular formula is C68H44N2S2.